The van der Waals surface area contributed by atoms with Gasteiger partial charge < -0.3 is 15.5 Å². The maximum absolute atomic E-state index is 13.1. The highest BCUT2D eigenvalue weighted by molar-refractivity contribution is 5.99. The SMILES string of the molecule is CCCC1C(=O)N(C)CCN1C(=O)c1cccc(-c2cnc(N)c(C(F)F)c2)c1. The molecule has 0 aliphatic carbocycles. The number of aromatic nitrogens is 1. The zero-order chi connectivity index (χ0) is 21.1. The summed E-state index contributed by atoms with van der Waals surface area (Å²) in [6.07, 6.45) is 0.0401. The number of likely N-dealkylation sites (N-methyl/N-ethyl adjacent to an activating group) is 1. The molecule has 2 N–H and O–H groups in total. The fraction of sp³-hybridized carbons (Fsp3) is 0.381. The van der Waals surface area contributed by atoms with E-state index in [1.807, 2.05) is 6.92 Å². The van der Waals surface area contributed by atoms with E-state index in [1.165, 1.54) is 12.3 Å². The van der Waals surface area contributed by atoms with Crippen molar-refractivity contribution in [3.05, 3.63) is 47.7 Å². The molecular formula is C21H24F2N4O2. The van der Waals surface area contributed by atoms with Crippen LogP contribution in [0.15, 0.2) is 36.5 Å². The first-order valence-electron chi connectivity index (χ1n) is 9.53. The van der Waals surface area contributed by atoms with Crippen molar-refractivity contribution in [1.82, 2.24) is 14.8 Å². The van der Waals surface area contributed by atoms with Crippen LogP contribution in [0.3, 0.4) is 0 Å². The van der Waals surface area contributed by atoms with Gasteiger partial charge in [-0.05, 0) is 30.2 Å². The third kappa shape index (κ3) is 4.21. The van der Waals surface area contributed by atoms with Crippen LogP contribution in [-0.2, 0) is 4.79 Å². The lowest BCUT2D eigenvalue weighted by atomic mass is 10.0. The van der Waals surface area contributed by atoms with Crippen LogP contribution in [0, 0.1) is 0 Å². The smallest absolute Gasteiger partial charge is 0.267 e. The molecule has 6 nitrogen and oxygen atoms in total. The molecule has 1 aliphatic rings. The molecule has 1 aromatic carbocycles. The lowest BCUT2D eigenvalue weighted by molar-refractivity contribution is -0.138. The zero-order valence-corrected chi connectivity index (χ0v) is 16.4. The summed E-state index contributed by atoms with van der Waals surface area (Å²) < 4.78 is 26.3. The number of anilines is 1. The molecule has 3 rings (SSSR count). The van der Waals surface area contributed by atoms with Gasteiger partial charge in [0.25, 0.3) is 12.3 Å². The number of alkyl halides is 2. The van der Waals surface area contributed by atoms with Gasteiger partial charge >= 0.3 is 0 Å². The average molecular weight is 402 g/mol. The quantitative estimate of drug-likeness (QED) is 0.832. The molecule has 154 valence electrons. The number of rotatable bonds is 5. The number of nitrogens with two attached hydrogens (primary N) is 1. The molecule has 29 heavy (non-hydrogen) atoms. The van der Waals surface area contributed by atoms with Gasteiger partial charge in [0.15, 0.2) is 0 Å². The van der Waals surface area contributed by atoms with Crippen LogP contribution in [0.2, 0.25) is 0 Å². The Balaban J connectivity index is 1.92. The summed E-state index contributed by atoms with van der Waals surface area (Å²) in [7, 11) is 1.74. The molecule has 2 aromatic rings. The van der Waals surface area contributed by atoms with Crippen molar-refractivity contribution in [3.63, 3.8) is 0 Å². The van der Waals surface area contributed by atoms with E-state index in [2.05, 4.69) is 4.98 Å². The molecule has 8 heteroatoms. The normalized spacial score (nSPS) is 17.1. The standard InChI is InChI=1S/C21H24F2N4O2/c1-3-5-17-21(29)26(2)8-9-27(17)20(28)14-7-4-6-13(10-14)15-11-16(18(22)23)19(24)25-12-15/h4,6-7,10-12,17-18H,3,5,8-9H2,1-2H3,(H2,24,25). The number of carbonyl (C=O) groups is 2. The first kappa shape index (κ1) is 20.7. The molecule has 1 fully saturated rings. The topological polar surface area (TPSA) is 79.5 Å². The lowest BCUT2D eigenvalue weighted by Crippen LogP contribution is -2.57. The van der Waals surface area contributed by atoms with Crippen molar-refractivity contribution < 1.29 is 18.4 Å². The van der Waals surface area contributed by atoms with Gasteiger partial charge in [0, 0.05) is 37.5 Å². The van der Waals surface area contributed by atoms with E-state index in [0.717, 1.165) is 6.42 Å². The predicted octanol–water partition coefficient (Wildman–Crippen LogP) is 3.35. The Morgan fingerprint density at radius 1 is 1.28 bits per heavy atom. The fourth-order valence-electron chi connectivity index (χ4n) is 3.53. The number of halogens is 2. The van der Waals surface area contributed by atoms with E-state index in [4.69, 9.17) is 5.73 Å². The number of amides is 2. The number of nitrogens with zero attached hydrogens (tertiary/aromatic N) is 3. The highest BCUT2D eigenvalue weighted by atomic mass is 19.3. The van der Waals surface area contributed by atoms with Gasteiger partial charge in [-0.15, -0.1) is 0 Å². The van der Waals surface area contributed by atoms with Gasteiger partial charge in [0.1, 0.15) is 11.9 Å². The zero-order valence-electron chi connectivity index (χ0n) is 16.4. The van der Waals surface area contributed by atoms with Crippen LogP contribution >= 0.6 is 0 Å². The van der Waals surface area contributed by atoms with Crippen LogP contribution in [0.4, 0.5) is 14.6 Å². The Kier molecular flexibility index (Phi) is 6.10. The third-order valence-electron chi connectivity index (χ3n) is 5.16. The highest BCUT2D eigenvalue weighted by Crippen LogP contribution is 2.29. The summed E-state index contributed by atoms with van der Waals surface area (Å²) in [5.74, 6) is -0.523. The summed E-state index contributed by atoms with van der Waals surface area (Å²) in [5.41, 5.74) is 6.61. The second-order valence-corrected chi connectivity index (χ2v) is 7.14. The molecule has 1 saturated heterocycles. The Hall–Kier alpha value is -3.03. The van der Waals surface area contributed by atoms with Crippen molar-refractivity contribution in [2.24, 2.45) is 0 Å². The van der Waals surface area contributed by atoms with Gasteiger partial charge in [0.2, 0.25) is 5.91 Å². The van der Waals surface area contributed by atoms with Crippen molar-refractivity contribution in [1.29, 1.82) is 0 Å². The lowest BCUT2D eigenvalue weighted by Gasteiger charge is -2.39. The van der Waals surface area contributed by atoms with Crippen LogP contribution in [0.25, 0.3) is 11.1 Å². The number of hydrogen-bond donors (Lipinski definition) is 1. The van der Waals surface area contributed by atoms with E-state index in [0.29, 0.717) is 36.2 Å². The highest BCUT2D eigenvalue weighted by Gasteiger charge is 2.35. The summed E-state index contributed by atoms with van der Waals surface area (Å²) >= 11 is 0. The van der Waals surface area contributed by atoms with E-state index in [-0.39, 0.29) is 23.2 Å². The molecule has 1 aliphatic heterocycles. The van der Waals surface area contributed by atoms with Crippen molar-refractivity contribution in [3.8, 4) is 11.1 Å². The van der Waals surface area contributed by atoms with Gasteiger partial charge in [-0.3, -0.25) is 9.59 Å². The number of hydrogen-bond acceptors (Lipinski definition) is 4. The van der Waals surface area contributed by atoms with E-state index in [1.54, 1.807) is 41.1 Å². The predicted molar refractivity (Wildman–Crippen MR) is 106 cm³/mol. The number of nitrogen functional groups attached to an aromatic ring is 1. The second kappa shape index (κ2) is 8.55. The first-order valence-corrected chi connectivity index (χ1v) is 9.53. The summed E-state index contributed by atoms with van der Waals surface area (Å²) in [5, 5.41) is 0. The number of piperazine rings is 1. The molecule has 1 unspecified atom stereocenters. The second-order valence-electron chi connectivity index (χ2n) is 7.14. The Labute approximate surface area is 168 Å². The van der Waals surface area contributed by atoms with E-state index >= 15 is 0 Å². The Morgan fingerprint density at radius 2 is 2.03 bits per heavy atom. The van der Waals surface area contributed by atoms with Crippen LogP contribution in [-0.4, -0.2) is 52.8 Å². The number of pyridine rings is 1. The van der Waals surface area contributed by atoms with Gasteiger partial charge in [0.05, 0.1) is 5.56 Å². The molecule has 0 saturated carbocycles. The van der Waals surface area contributed by atoms with Crippen molar-refractivity contribution in [2.75, 3.05) is 25.9 Å². The molecule has 2 amide bonds. The number of carbonyl (C=O) groups excluding carboxylic acids is 2. The van der Waals surface area contributed by atoms with E-state index < -0.39 is 12.5 Å². The minimum atomic E-state index is -2.74. The molecule has 0 radical (unpaired) electrons. The minimum absolute atomic E-state index is 0.0630. The van der Waals surface area contributed by atoms with Gasteiger partial charge in [-0.1, -0.05) is 25.5 Å². The molecule has 1 aromatic heterocycles. The Morgan fingerprint density at radius 3 is 2.72 bits per heavy atom. The van der Waals surface area contributed by atoms with Crippen LogP contribution in [0.1, 0.15) is 42.1 Å². The van der Waals surface area contributed by atoms with Crippen molar-refractivity contribution in [2.45, 2.75) is 32.2 Å². The minimum Gasteiger partial charge on any atom is -0.383 e. The molecule has 2 heterocycles. The molecular weight excluding hydrogens is 378 g/mol. The molecule has 0 spiro atoms. The fourth-order valence-corrected chi connectivity index (χ4v) is 3.53. The Bertz CT molecular complexity index is 919. The molecule has 1 atom stereocenters. The molecule has 0 bridgehead atoms. The van der Waals surface area contributed by atoms with Crippen LogP contribution in [0.5, 0.6) is 0 Å². The van der Waals surface area contributed by atoms with Crippen LogP contribution < -0.4 is 5.73 Å². The van der Waals surface area contributed by atoms with E-state index in [9.17, 15) is 18.4 Å². The number of benzene rings is 1. The van der Waals surface area contributed by atoms with Gasteiger partial charge in [-0.2, -0.15) is 0 Å². The maximum atomic E-state index is 13.1. The maximum Gasteiger partial charge on any atom is 0.267 e. The average Bonchev–Trinajstić information content (AvgIpc) is 2.71. The summed E-state index contributed by atoms with van der Waals surface area (Å²) in [6, 6.07) is 7.51. The van der Waals surface area contributed by atoms with Gasteiger partial charge in [-0.25, -0.2) is 13.8 Å². The first-order chi connectivity index (χ1) is 13.8. The summed E-state index contributed by atoms with van der Waals surface area (Å²) in [6.45, 7) is 2.90. The largest absolute Gasteiger partial charge is 0.383 e. The summed E-state index contributed by atoms with van der Waals surface area (Å²) in [4.78, 5) is 32.8. The monoisotopic (exact) mass is 402 g/mol. The van der Waals surface area contributed by atoms with Crippen molar-refractivity contribution >= 4 is 17.6 Å². The third-order valence-corrected chi connectivity index (χ3v) is 5.16.